The summed E-state index contributed by atoms with van der Waals surface area (Å²) in [6.45, 7) is 4.92. The first kappa shape index (κ1) is 15.8. The van der Waals surface area contributed by atoms with E-state index in [0.717, 1.165) is 25.2 Å². The van der Waals surface area contributed by atoms with E-state index in [1.54, 1.807) is 0 Å². The molecule has 2 rings (SSSR count). The molecule has 19 heavy (non-hydrogen) atoms. The first-order valence-electron chi connectivity index (χ1n) is 6.60. The number of hydrogen-bond acceptors (Lipinski definition) is 2. The van der Waals surface area contributed by atoms with Gasteiger partial charge >= 0.3 is 0 Å². The molecule has 3 heteroatoms. The number of benzene rings is 2. The van der Waals surface area contributed by atoms with Crippen molar-refractivity contribution in [3.05, 3.63) is 42.0 Å². The highest BCUT2D eigenvalue weighted by molar-refractivity contribution is 5.85. The van der Waals surface area contributed by atoms with Crippen LogP contribution in [-0.4, -0.2) is 12.6 Å². The van der Waals surface area contributed by atoms with Crippen molar-refractivity contribution < 1.29 is 4.74 Å². The molecular formula is C16H22ClNO. The molecule has 0 saturated carbocycles. The van der Waals surface area contributed by atoms with Crippen molar-refractivity contribution in [2.45, 2.75) is 32.7 Å². The maximum atomic E-state index is 5.83. The maximum absolute atomic E-state index is 5.83. The van der Waals surface area contributed by atoms with Crippen molar-refractivity contribution in [1.29, 1.82) is 0 Å². The normalized spacial score (nSPS) is 11.9. The molecule has 2 N–H and O–H groups in total. The number of hydrogen-bond donors (Lipinski definition) is 1. The zero-order chi connectivity index (χ0) is 13.0. The molecule has 0 aliphatic carbocycles. The fourth-order valence-corrected chi connectivity index (χ4v) is 2.08. The molecule has 2 aromatic rings. The standard InChI is InChI=1S/C16H21NO.ClH/c1-3-8-18-16-7-6-14-10-13(9-12(2)17)4-5-15(14)11-16;/h4-7,10-12H,3,8-9,17H2,1-2H3;1H. The first-order chi connectivity index (χ1) is 8.69. The van der Waals surface area contributed by atoms with Crippen LogP contribution in [0, 0.1) is 0 Å². The SMILES string of the molecule is CCCOc1ccc2cc(CC(C)N)ccc2c1.Cl. The van der Waals surface area contributed by atoms with E-state index < -0.39 is 0 Å². The third-order valence-electron chi connectivity index (χ3n) is 2.91. The van der Waals surface area contributed by atoms with Gasteiger partial charge in [0.15, 0.2) is 0 Å². The van der Waals surface area contributed by atoms with Gasteiger partial charge in [-0.3, -0.25) is 0 Å². The van der Waals surface area contributed by atoms with Crippen LogP contribution < -0.4 is 10.5 Å². The van der Waals surface area contributed by atoms with Gasteiger partial charge in [-0.2, -0.15) is 0 Å². The van der Waals surface area contributed by atoms with Gasteiger partial charge in [-0.1, -0.05) is 31.2 Å². The van der Waals surface area contributed by atoms with Gasteiger partial charge in [0.1, 0.15) is 5.75 Å². The molecule has 2 aromatic carbocycles. The number of rotatable bonds is 5. The molecule has 0 spiro atoms. The van der Waals surface area contributed by atoms with E-state index in [-0.39, 0.29) is 18.4 Å². The maximum Gasteiger partial charge on any atom is 0.119 e. The third kappa shape index (κ3) is 4.41. The van der Waals surface area contributed by atoms with Gasteiger partial charge in [0.2, 0.25) is 0 Å². The topological polar surface area (TPSA) is 35.2 Å². The quantitative estimate of drug-likeness (QED) is 0.900. The fourth-order valence-electron chi connectivity index (χ4n) is 2.08. The van der Waals surface area contributed by atoms with E-state index in [4.69, 9.17) is 10.5 Å². The van der Waals surface area contributed by atoms with Crippen molar-refractivity contribution in [2.24, 2.45) is 5.73 Å². The fraction of sp³-hybridized carbons (Fsp3) is 0.375. The number of nitrogens with two attached hydrogens (primary N) is 1. The minimum atomic E-state index is 0. The van der Waals surface area contributed by atoms with Crippen molar-refractivity contribution in [3.8, 4) is 5.75 Å². The van der Waals surface area contributed by atoms with E-state index in [2.05, 4.69) is 37.3 Å². The Morgan fingerprint density at radius 2 is 1.79 bits per heavy atom. The second kappa shape index (κ2) is 7.37. The van der Waals surface area contributed by atoms with Crippen LogP contribution in [0.4, 0.5) is 0 Å². The Hall–Kier alpha value is -1.25. The van der Waals surface area contributed by atoms with Gasteiger partial charge in [-0.15, -0.1) is 12.4 Å². The lowest BCUT2D eigenvalue weighted by molar-refractivity contribution is 0.318. The van der Waals surface area contributed by atoms with E-state index >= 15 is 0 Å². The van der Waals surface area contributed by atoms with Gasteiger partial charge in [0, 0.05) is 6.04 Å². The summed E-state index contributed by atoms with van der Waals surface area (Å²) < 4.78 is 5.64. The number of halogens is 1. The lowest BCUT2D eigenvalue weighted by Crippen LogP contribution is -2.17. The number of ether oxygens (including phenoxy) is 1. The largest absolute Gasteiger partial charge is 0.494 e. The average molecular weight is 280 g/mol. The van der Waals surface area contributed by atoms with Gasteiger partial charge in [-0.05, 0) is 48.2 Å². The zero-order valence-corrected chi connectivity index (χ0v) is 12.4. The summed E-state index contributed by atoms with van der Waals surface area (Å²) in [5.74, 6) is 0.948. The molecule has 1 atom stereocenters. The molecule has 0 aliphatic rings. The van der Waals surface area contributed by atoms with Crippen molar-refractivity contribution in [3.63, 3.8) is 0 Å². The summed E-state index contributed by atoms with van der Waals surface area (Å²) in [6, 6.07) is 13.0. The lowest BCUT2D eigenvalue weighted by Gasteiger charge is -2.09. The molecule has 104 valence electrons. The Bertz CT molecular complexity index is 525. The van der Waals surface area contributed by atoms with Crippen molar-refractivity contribution >= 4 is 23.2 Å². The summed E-state index contributed by atoms with van der Waals surface area (Å²) in [5, 5.41) is 2.47. The smallest absolute Gasteiger partial charge is 0.119 e. The van der Waals surface area contributed by atoms with Crippen LogP contribution >= 0.6 is 12.4 Å². The summed E-state index contributed by atoms with van der Waals surface area (Å²) in [6.07, 6.45) is 1.95. The Morgan fingerprint density at radius 3 is 2.47 bits per heavy atom. The lowest BCUT2D eigenvalue weighted by atomic mass is 10.0. The highest BCUT2D eigenvalue weighted by Crippen LogP contribution is 2.22. The molecule has 0 saturated heterocycles. The van der Waals surface area contributed by atoms with Crippen LogP contribution in [0.3, 0.4) is 0 Å². The molecule has 0 amide bonds. The van der Waals surface area contributed by atoms with Gasteiger partial charge in [0.05, 0.1) is 6.61 Å². The van der Waals surface area contributed by atoms with E-state index in [9.17, 15) is 0 Å². The average Bonchev–Trinajstić information content (AvgIpc) is 2.35. The summed E-state index contributed by atoms with van der Waals surface area (Å²) in [4.78, 5) is 0. The first-order valence-corrected chi connectivity index (χ1v) is 6.60. The summed E-state index contributed by atoms with van der Waals surface area (Å²) in [7, 11) is 0. The molecule has 0 aliphatic heterocycles. The van der Waals surface area contributed by atoms with Crippen LogP contribution in [0.25, 0.3) is 10.8 Å². The molecule has 0 bridgehead atoms. The minimum Gasteiger partial charge on any atom is -0.494 e. The Balaban J connectivity index is 0.00000180. The van der Waals surface area contributed by atoms with Crippen LogP contribution in [0.1, 0.15) is 25.8 Å². The molecular weight excluding hydrogens is 258 g/mol. The van der Waals surface area contributed by atoms with Gasteiger partial charge in [-0.25, -0.2) is 0 Å². The van der Waals surface area contributed by atoms with Crippen molar-refractivity contribution in [2.75, 3.05) is 6.61 Å². The highest BCUT2D eigenvalue weighted by atomic mass is 35.5. The van der Waals surface area contributed by atoms with Crippen LogP contribution in [0.5, 0.6) is 5.75 Å². The van der Waals surface area contributed by atoms with Crippen LogP contribution in [0.15, 0.2) is 36.4 Å². The van der Waals surface area contributed by atoms with Gasteiger partial charge < -0.3 is 10.5 Å². The third-order valence-corrected chi connectivity index (χ3v) is 2.91. The van der Waals surface area contributed by atoms with E-state index in [1.165, 1.54) is 16.3 Å². The predicted molar refractivity (Wildman–Crippen MR) is 84.3 cm³/mol. The monoisotopic (exact) mass is 279 g/mol. The molecule has 2 nitrogen and oxygen atoms in total. The molecule has 0 aromatic heterocycles. The molecule has 0 fully saturated rings. The summed E-state index contributed by atoms with van der Waals surface area (Å²) in [5.41, 5.74) is 7.12. The molecule has 0 heterocycles. The van der Waals surface area contributed by atoms with Crippen LogP contribution in [0.2, 0.25) is 0 Å². The second-order valence-electron chi connectivity index (χ2n) is 4.87. The molecule has 0 radical (unpaired) electrons. The Kier molecular flexibility index (Phi) is 6.13. The minimum absolute atomic E-state index is 0. The Morgan fingerprint density at radius 1 is 1.11 bits per heavy atom. The van der Waals surface area contributed by atoms with Crippen molar-refractivity contribution in [1.82, 2.24) is 0 Å². The zero-order valence-electron chi connectivity index (χ0n) is 11.6. The highest BCUT2D eigenvalue weighted by Gasteiger charge is 2.01. The predicted octanol–water partition coefficient (Wildman–Crippen LogP) is 3.94. The van der Waals surface area contributed by atoms with E-state index in [0.29, 0.717) is 0 Å². The Labute approximate surface area is 121 Å². The molecule has 1 unspecified atom stereocenters. The number of fused-ring (bicyclic) bond motifs is 1. The van der Waals surface area contributed by atoms with E-state index in [1.807, 2.05) is 13.0 Å². The van der Waals surface area contributed by atoms with Crippen LogP contribution in [-0.2, 0) is 6.42 Å². The second-order valence-corrected chi connectivity index (χ2v) is 4.87. The summed E-state index contributed by atoms with van der Waals surface area (Å²) >= 11 is 0. The van der Waals surface area contributed by atoms with Gasteiger partial charge in [0.25, 0.3) is 0 Å².